The highest BCUT2D eigenvalue weighted by atomic mass is 16.5. The number of hydrogen-bond donors (Lipinski definition) is 1. The van der Waals surface area contributed by atoms with Gasteiger partial charge in [0.2, 0.25) is 0 Å². The summed E-state index contributed by atoms with van der Waals surface area (Å²) in [5.41, 5.74) is 3.83. The van der Waals surface area contributed by atoms with Gasteiger partial charge in [0.05, 0.1) is 19.8 Å². The fourth-order valence-corrected chi connectivity index (χ4v) is 3.07. The third kappa shape index (κ3) is 6.38. The van der Waals surface area contributed by atoms with E-state index in [0.29, 0.717) is 6.54 Å². The lowest BCUT2D eigenvalue weighted by molar-refractivity contribution is 0.0342. The van der Waals surface area contributed by atoms with Crippen molar-refractivity contribution in [1.29, 1.82) is 0 Å². The predicted molar refractivity (Wildman–Crippen MR) is 111 cm³/mol. The van der Waals surface area contributed by atoms with E-state index in [0.717, 1.165) is 45.4 Å². The van der Waals surface area contributed by atoms with Gasteiger partial charge in [-0.2, -0.15) is 0 Å². The van der Waals surface area contributed by atoms with Crippen LogP contribution in [0.3, 0.4) is 0 Å². The summed E-state index contributed by atoms with van der Waals surface area (Å²) in [6.07, 6.45) is 0. The minimum atomic E-state index is 0.680. The van der Waals surface area contributed by atoms with Crippen LogP contribution in [-0.4, -0.2) is 56.2 Å². The summed E-state index contributed by atoms with van der Waals surface area (Å²) in [7, 11) is 4.03. The molecule has 1 heterocycles. The summed E-state index contributed by atoms with van der Waals surface area (Å²) >= 11 is 0. The second-order valence-electron chi connectivity index (χ2n) is 7.08. The number of nitrogens with one attached hydrogen (secondary N) is 1. The van der Waals surface area contributed by atoms with Crippen molar-refractivity contribution in [1.82, 2.24) is 15.1 Å². The number of hydrogen-bond acceptors (Lipinski definition) is 3. The lowest BCUT2D eigenvalue weighted by Crippen LogP contribution is -2.36. The third-order valence-corrected chi connectivity index (χ3v) is 4.66. The van der Waals surface area contributed by atoms with Crippen LogP contribution < -0.4 is 5.32 Å². The van der Waals surface area contributed by atoms with Crippen LogP contribution in [0.4, 0.5) is 0 Å². The van der Waals surface area contributed by atoms with Crippen LogP contribution >= 0.6 is 0 Å². The molecule has 0 atom stereocenters. The van der Waals surface area contributed by atoms with Gasteiger partial charge in [-0.05, 0) is 16.7 Å². The van der Waals surface area contributed by atoms with Crippen LogP contribution in [0.2, 0.25) is 0 Å². The number of guanidine groups is 1. The number of rotatable bonds is 6. The Bertz CT molecular complexity index is 707. The first-order valence-corrected chi connectivity index (χ1v) is 9.58. The van der Waals surface area contributed by atoms with Gasteiger partial charge in [-0.1, -0.05) is 54.6 Å². The van der Waals surface area contributed by atoms with Crippen LogP contribution in [0.5, 0.6) is 0 Å². The van der Waals surface area contributed by atoms with E-state index >= 15 is 0 Å². The van der Waals surface area contributed by atoms with Gasteiger partial charge in [0.1, 0.15) is 0 Å². The topological polar surface area (TPSA) is 40.1 Å². The zero-order chi connectivity index (χ0) is 18.9. The van der Waals surface area contributed by atoms with E-state index in [-0.39, 0.29) is 0 Å². The summed E-state index contributed by atoms with van der Waals surface area (Å²) in [5, 5.41) is 3.46. The molecule has 0 spiro atoms. The molecule has 0 bridgehead atoms. The average Bonchev–Trinajstić information content (AvgIpc) is 2.70. The van der Waals surface area contributed by atoms with Crippen molar-refractivity contribution in [2.45, 2.75) is 19.6 Å². The molecule has 0 unspecified atom stereocenters. The maximum atomic E-state index is 5.41. The van der Waals surface area contributed by atoms with E-state index in [1.807, 2.05) is 37.2 Å². The molecule has 1 aliphatic heterocycles. The quantitative estimate of drug-likeness (QED) is 0.630. The largest absolute Gasteiger partial charge is 0.379 e. The molecule has 1 aliphatic rings. The molecule has 0 aliphatic carbocycles. The van der Waals surface area contributed by atoms with Gasteiger partial charge in [-0.3, -0.25) is 4.90 Å². The molecule has 5 nitrogen and oxygen atoms in total. The van der Waals surface area contributed by atoms with Gasteiger partial charge in [0, 0.05) is 40.3 Å². The third-order valence-electron chi connectivity index (χ3n) is 4.66. The first-order chi connectivity index (χ1) is 13.2. The van der Waals surface area contributed by atoms with Crippen molar-refractivity contribution in [3.05, 3.63) is 71.3 Å². The summed E-state index contributed by atoms with van der Waals surface area (Å²) in [4.78, 5) is 9.18. The highest BCUT2D eigenvalue weighted by Gasteiger charge is 2.10. The van der Waals surface area contributed by atoms with Crippen molar-refractivity contribution in [2.24, 2.45) is 4.99 Å². The standard InChI is InChI=1S/C22H30N4O/c1-25(2)22(23-16-19-6-4-3-5-7-19)24-17-20-8-10-21(11-9-20)18-26-12-14-27-15-13-26/h3-11H,12-18H2,1-2H3,(H,23,24). The molecule has 144 valence electrons. The van der Waals surface area contributed by atoms with Crippen molar-refractivity contribution in [2.75, 3.05) is 40.4 Å². The molecule has 2 aromatic rings. The summed E-state index contributed by atoms with van der Waals surface area (Å²) in [6, 6.07) is 19.2. The number of morpholine rings is 1. The number of nitrogens with zero attached hydrogens (tertiary/aromatic N) is 3. The maximum absolute atomic E-state index is 5.41. The Kier molecular flexibility index (Phi) is 7.25. The van der Waals surface area contributed by atoms with Crippen molar-refractivity contribution in [3.63, 3.8) is 0 Å². The Balaban J connectivity index is 1.52. The molecule has 0 aromatic heterocycles. The van der Waals surface area contributed by atoms with Crippen LogP contribution in [0.15, 0.2) is 59.6 Å². The second kappa shape index (κ2) is 10.1. The Morgan fingerprint density at radius 1 is 0.963 bits per heavy atom. The van der Waals surface area contributed by atoms with E-state index in [1.165, 1.54) is 16.7 Å². The number of ether oxygens (including phenoxy) is 1. The van der Waals surface area contributed by atoms with E-state index in [4.69, 9.17) is 9.73 Å². The summed E-state index contributed by atoms with van der Waals surface area (Å²) < 4.78 is 5.41. The van der Waals surface area contributed by atoms with E-state index in [2.05, 4.69) is 46.6 Å². The molecule has 0 saturated carbocycles. The van der Waals surface area contributed by atoms with Gasteiger partial charge in [-0.15, -0.1) is 0 Å². The van der Waals surface area contributed by atoms with E-state index < -0.39 is 0 Å². The van der Waals surface area contributed by atoms with Crippen LogP contribution in [0, 0.1) is 0 Å². The summed E-state index contributed by atoms with van der Waals surface area (Å²) in [6.45, 7) is 6.18. The SMILES string of the molecule is CN(C)C(=NCc1ccccc1)NCc1ccc(CN2CCOCC2)cc1. The molecule has 0 radical (unpaired) electrons. The maximum Gasteiger partial charge on any atom is 0.194 e. The second-order valence-corrected chi connectivity index (χ2v) is 7.08. The molecule has 1 saturated heterocycles. The molecule has 27 heavy (non-hydrogen) atoms. The fraction of sp³-hybridized carbons (Fsp3) is 0.409. The minimum absolute atomic E-state index is 0.680. The van der Waals surface area contributed by atoms with Crippen molar-refractivity contribution in [3.8, 4) is 0 Å². The normalized spacial score (nSPS) is 15.6. The van der Waals surface area contributed by atoms with Gasteiger partial charge in [0.25, 0.3) is 0 Å². The van der Waals surface area contributed by atoms with Crippen LogP contribution in [-0.2, 0) is 24.4 Å². The molecular weight excluding hydrogens is 336 g/mol. The van der Waals surface area contributed by atoms with Gasteiger partial charge in [-0.25, -0.2) is 4.99 Å². The highest BCUT2D eigenvalue weighted by molar-refractivity contribution is 5.79. The molecule has 1 N–H and O–H groups in total. The van der Waals surface area contributed by atoms with E-state index in [9.17, 15) is 0 Å². The van der Waals surface area contributed by atoms with Gasteiger partial charge >= 0.3 is 0 Å². The Labute approximate surface area is 162 Å². The zero-order valence-electron chi connectivity index (χ0n) is 16.4. The lowest BCUT2D eigenvalue weighted by atomic mass is 10.1. The Morgan fingerprint density at radius 2 is 1.63 bits per heavy atom. The zero-order valence-corrected chi connectivity index (χ0v) is 16.4. The smallest absolute Gasteiger partial charge is 0.194 e. The number of aliphatic imine (C=N–C) groups is 1. The number of benzene rings is 2. The van der Waals surface area contributed by atoms with Crippen molar-refractivity contribution < 1.29 is 4.74 Å². The Hall–Kier alpha value is -2.37. The monoisotopic (exact) mass is 366 g/mol. The van der Waals surface area contributed by atoms with Gasteiger partial charge in [0.15, 0.2) is 5.96 Å². The Morgan fingerprint density at radius 3 is 2.30 bits per heavy atom. The molecular formula is C22H30N4O. The molecule has 5 heteroatoms. The molecule has 1 fully saturated rings. The first kappa shape index (κ1) is 19.4. The highest BCUT2D eigenvalue weighted by Crippen LogP contribution is 2.09. The average molecular weight is 367 g/mol. The van der Waals surface area contributed by atoms with E-state index in [1.54, 1.807) is 0 Å². The molecule has 0 amide bonds. The van der Waals surface area contributed by atoms with Crippen LogP contribution in [0.25, 0.3) is 0 Å². The van der Waals surface area contributed by atoms with Crippen molar-refractivity contribution >= 4 is 5.96 Å². The fourth-order valence-electron chi connectivity index (χ4n) is 3.07. The molecule has 3 rings (SSSR count). The predicted octanol–water partition coefficient (Wildman–Crippen LogP) is 2.73. The van der Waals surface area contributed by atoms with Gasteiger partial charge < -0.3 is 15.0 Å². The summed E-state index contributed by atoms with van der Waals surface area (Å²) in [5.74, 6) is 0.899. The molecule has 2 aromatic carbocycles. The lowest BCUT2D eigenvalue weighted by Gasteiger charge is -2.26. The van der Waals surface area contributed by atoms with Crippen LogP contribution in [0.1, 0.15) is 16.7 Å². The first-order valence-electron chi connectivity index (χ1n) is 9.58. The minimum Gasteiger partial charge on any atom is -0.379 e.